The molecule has 1 fully saturated rings. The predicted octanol–water partition coefficient (Wildman–Crippen LogP) is 4.17. The fourth-order valence-corrected chi connectivity index (χ4v) is 5.36. The lowest BCUT2D eigenvalue weighted by Gasteiger charge is -2.31. The van der Waals surface area contributed by atoms with Gasteiger partial charge in [0.2, 0.25) is 15.9 Å². The smallest absolute Gasteiger partial charge is 0.246 e. The van der Waals surface area contributed by atoms with Gasteiger partial charge in [-0.1, -0.05) is 37.6 Å². The Labute approximate surface area is 179 Å². The van der Waals surface area contributed by atoms with Crippen molar-refractivity contribution < 1.29 is 17.9 Å². The Morgan fingerprint density at radius 1 is 1.17 bits per heavy atom. The summed E-state index contributed by atoms with van der Waals surface area (Å²) in [5.74, 6) is -0.0272. The summed E-state index contributed by atoms with van der Waals surface area (Å²) in [6.07, 6.45) is 1.30. The highest BCUT2D eigenvalue weighted by atomic mass is 32.2. The first-order valence-electron chi connectivity index (χ1n) is 10.3. The van der Waals surface area contributed by atoms with E-state index in [1.165, 1.54) is 11.4 Å². The standard InChI is InChI=1S/C23H30N2O4S/c1-16(2)18-9-12-21(29-4)22(14-18)30(27,28)25-13-5-6-19(15-25)23(26)24-20-10-7-17(3)8-11-20/h7-12,14,16,19H,5-6,13,15H2,1-4H3,(H,24,26)/t19-/m1/s1. The first-order valence-corrected chi connectivity index (χ1v) is 11.7. The number of sulfonamides is 1. The van der Waals surface area contributed by atoms with Crippen LogP contribution >= 0.6 is 0 Å². The van der Waals surface area contributed by atoms with Crippen LogP contribution < -0.4 is 10.1 Å². The summed E-state index contributed by atoms with van der Waals surface area (Å²) >= 11 is 0. The van der Waals surface area contributed by atoms with Gasteiger partial charge in [0.1, 0.15) is 10.6 Å². The van der Waals surface area contributed by atoms with Gasteiger partial charge in [0.25, 0.3) is 0 Å². The van der Waals surface area contributed by atoms with Crippen LogP contribution in [0.25, 0.3) is 0 Å². The fourth-order valence-electron chi connectivity index (χ4n) is 3.65. The maximum atomic E-state index is 13.4. The van der Waals surface area contributed by atoms with Crippen LogP contribution in [0.15, 0.2) is 47.4 Å². The van der Waals surface area contributed by atoms with Crippen LogP contribution in [0.3, 0.4) is 0 Å². The lowest BCUT2D eigenvalue weighted by atomic mass is 9.98. The zero-order valence-electron chi connectivity index (χ0n) is 18.0. The molecule has 0 unspecified atom stereocenters. The van der Waals surface area contributed by atoms with Crippen molar-refractivity contribution in [1.82, 2.24) is 4.31 Å². The summed E-state index contributed by atoms with van der Waals surface area (Å²) in [7, 11) is -2.31. The van der Waals surface area contributed by atoms with Crippen LogP contribution in [0.2, 0.25) is 0 Å². The lowest BCUT2D eigenvalue weighted by molar-refractivity contribution is -0.120. The molecule has 7 heteroatoms. The van der Waals surface area contributed by atoms with Crippen LogP contribution in [0.5, 0.6) is 5.75 Å². The van der Waals surface area contributed by atoms with Crippen LogP contribution in [0, 0.1) is 12.8 Å². The number of hydrogen-bond acceptors (Lipinski definition) is 4. The number of aryl methyl sites for hydroxylation is 1. The number of carbonyl (C=O) groups excluding carboxylic acids is 1. The number of ether oxygens (including phenoxy) is 1. The van der Waals surface area contributed by atoms with Crippen LogP contribution in [-0.4, -0.2) is 38.8 Å². The van der Waals surface area contributed by atoms with Gasteiger partial charge in [-0.05, 0) is 55.5 Å². The van der Waals surface area contributed by atoms with Crippen molar-refractivity contribution in [1.29, 1.82) is 0 Å². The first kappa shape index (κ1) is 22.3. The van der Waals surface area contributed by atoms with Gasteiger partial charge in [-0.2, -0.15) is 4.31 Å². The molecule has 2 aromatic rings. The van der Waals surface area contributed by atoms with E-state index in [1.54, 1.807) is 12.1 Å². The summed E-state index contributed by atoms with van der Waals surface area (Å²) in [6, 6.07) is 12.8. The number of hydrogen-bond donors (Lipinski definition) is 1. The van der Waals surface area contributed by atoms with E-state index in [9.17, 15) is 13.2 Å². The highest BCUT2D eigenvalue weighted by Crippen LogP contribution is 2.32. The Morgan fingerprint density at radius 3 is 2.50 bits per heavy atom. The zero-order chi connectivity index (χ0) is 21.9. The molecule has 0 spiro atoms. The molecule has 1 aliphatic heterocycles. The number of amides is 1. The van der Waals surface area contributed by atoms with Crippen molar-refractivity contribution in [2.75, 3.05) is 25.5 Å². The molecular formula is C23H30N2O4S. The fraction of sp³-hybridized carbons (Fsp3) is 0.435. The van der Waals surface area contributed by atoms with Gasteiger partial charge in [0, 0.05) is 18.8 Å². The maximum absolute atomic E-state index is 13.4. The molecule has 162 valence electrons. The molecule has 0 bridgehead atoms. The zero-order valence-corrected chi connectivity index (χ0v) is 18.8. The molecule has 0 radical (unpaired) electrons. The number of benzene rings is 2. The van der Waals surface area contributed by atoms with Crippen molar-refractivity contribution in [2.45, 2.75) is 44.4 Å². The van der Waals surface area contributed by atoms with E-state index in [4.69, 9.17) is 4.74 Å². The van der Waals surface area contributed by atoms with Gasteiger partial charge in [0.15, 0.2) is 0 Å². The molecule has 30 heavy (non-hydrogen) atoms. The Kier molecular flexibility index (Phi) is 6.83. The molecule has 3 rings (SSSR count). The third kappa shape index (κ3) is 4.84. The Morgan fingerprint density at radius 2 is 1.87 bits per heavy atom. The number of anilines is 1. The molecule has 1 heterocycles. The van der Waals surface area contributed by atoms with E-state index < -0.39 is 15.9 Å². The van der Waals surface area contributed by atoms with E-state index in [0.717, 1.165) is 16.8 Å². The van der Waals surface area contributed by atoms with Crippen molar-refractivity contribution in [3.8, 4) is 5.75 Å². The summed E-state index contributed by atoms with van der Waals surface area (Å²) in [5, 5.41) is 2.91. The molecule has 2 aromatic carbocycles. The largest absolute Gasteiger partial charge is 0.495 e. The minimum Gasteiger partial charge on any atom is -0.495 e. The maximum Gasteiger partial charge on any atom is 0.246 e. The van der Waals surface area contributed by atoms with Gasteiger partial charge in [-0.15, -0.1) is 0 Å². The highest BCUT2D eigenvalue weighted by Gasteiger charge is 2.35. The summed E-state index contributed by atoms with van der Waals surface area (Å²) in [4.78, 5) is 12.9. The van der Waals surface area contributed by atoms with Crippen molar-refractivity contribution in [3.05, 3.63) is 53.6 Å². The van der Waals surface area contributed by atoms with Gasteiger partial charge < -0.3 is 10.1 Å². The molecule has 0 saturated carbocycles. The minimum atomic E-state index is -3.78. The first-order chi connectivity index (χ1) is 14.2. The van der Waals surface area contributed by atoms with Gasteiger partial charge in [-0.3, -0.25) is 4.79 Å². The van der Waals surface area contributed by atoms with E-state index in [1.807, 2.05) is 51.1 Å². The number of methoxy groups -OCH3 is 1. The second-order valence-electron chi connectivity index (χ2n) is 8.12. The summed E-state index contributed by atoms with van der Waals surface area (Å²) < 4.78 is 33.6. The summed E-state index contributed by atoms with van der Waals surface area (Å²) in [5.41, 5.74) is 2.76. The Hall–Kier alpha value is -2.38. The average molecular weight is 431 g/mol. The molecular weight excluding hydrogens is 400 g/mol. The van der Waals surface area contributed by atoms with Crippen LogP contribution in [0.1, 0.15) is 43.7 Å². The van der Waals surface area contributed by atoms with Gasteiger partial charge in [0.05, 0.1) is 13.0 Å². The van der Waals surface area contributed by atoms with Crippen molar-refractivity contribution in [3.63, 3.8) is 0 Å². The number of nitrogens with zero attached hydrogens (tertiary/aromatic N) is 1. The topological polar surface area (TPSA) is 75.7 Å². The quantitative estimate of drug-likeness (QED) is 0.746. The average Bonchev–Trinajstić information content (AvgIpc) is 2.74. The van der Waals surface area contributed by atoms with Crippen molar-refractivity contribution in [2.24, 2.45) is 5.92 Å². The number of piperidine rings is 1. The van der Waals surface area contributed by atoms with Crippen LogP contribution in [-0.2, 0) is 14.8 Å². The number of rotatable bonds is 6. The Balaban J connectivity index is 1.81. The summed E-state index contributed by atoms with van der Waals surface area (Å²) in [6.45, 7) is 6.58. The predicted molar refractivity (Wildman–Crippen MR) is 118 cm³/mol. The third-order valence-corrected chi connectivity index (χ3v) is 7.43. The van der Waals surface area contributed by atoms with Crippen LogP contribution in [0.4, 0.5) is 5.69 Å². The van der Waals surface area contributed by atoms with Crippen molar-refractivity contribution >= 4 is 21.6 Å². The normalized spacial score (nSPS) is 17.7. The third-order valence-electron chi connectivity index (χ3n) is 5.55. The van der Waals surface area contributed by atoms with E-state index in [-0.39, 0.29) is 23.3 Å². The van der Waals surface area contributed by atoms with E-state index >= 15 is 0 Å². The molecule has 6 nitrogen and oxygen atoms in total. The SMILES string of the molecule is COc1ccc(C(C)C)cc1S(=O)(=O)N1CCC[C@@H](C(=O)Nc2ccc(C)cc2)C1. The minimum absolute atomic E-state index is 0.151. The van der Waals surface area contributed by atoms with E-state index in [0.29, 0.717) is 25.1 Å². The van der Waals surface area contributed by atoms with Gasteiger partial charge in [-0.25, -0.2) is 8.42 Å². The Bertz CT molecular complexity index is 1000. The highest BCUT2D eigenvalue weighted by molar-refractivity contribution is 7.89. The van der Waals surface area contributed by atoms with Gasteiger partial charge >= 0.3 is 0 Å². The molecule has 1 aliphatic rings. The lowest BCUT2D eigenvalue weighted by Crippen LogP contribution is -2.43. The molecule has 1 atom stereocenters. The monoisotopic (exact) mass is 430 g/mol. The molecule has 1 N–H and O–H groups in total. The number of nitrogens with one attached hydrogen (secondary N) is 1. The molecule has 0 aromatic heterocycles. The molecule has 1 amide bonds. The van der Waals surface area contributed by atoms with E-state index in [2.05, 4.69) is 5.32 Å². The second kappa shape index (κ2) is 9.18. The number of carbonyl (C=O) groups is 1. The molecule has 1 saturated heterocycles. The molecule has 0 aliphatic carbocycles. The second-order valence-corrected chi connectivity index (χ2v) is 10.0.